The Hall–Kier alpha value is -2.57. The van der Waals surface area contributed by atoms with Crippen LogP contribution in [0.5, 0.6) is 11.5 Å². The van der Waals surface area contributed by atoms with Gasteiger partial charge in [-0.05, 0) is 25.1 Å². The van der Waals surface area contributed by atoms with Crippen LogP contribution in [-0.2, 0) is 4.74 Å². The van der Waals surface area contributed by atoms with E-state index in [9.17, 15) is 14.3 Å². The Morgan fingerprint density at radius 2 is 2.25 bits per heavy atom. The Morgan fingerprint density at radius 3 is 2.90 bits per heavy atom. The fraction of sp³-hybridized carbons (Fsp3) is 0.231. The highest BCUT2D eigenvalue weighted by Gasteiger charge is 2.25. The Labute approximate surface area is 113 Å². The largest absolute Gasteiger partial charge is 0.502 e. The Morgan fingerprint density at radius 1 is 1.50 bits per heavy atom. The van der Waals surface area contributed by atoms with Gasteiger partial charge in [0.05, 0.1) is 19.3 Å². The second-order valence-electron chi connectivity index (χ2n) is 3.78. The molecule has 20 heavy (non-hydrogen) atoms. The van der Waals surface area contributed by atoms with E-state index in [1.165, 1.54) is 19.2 Å². The smallest absolute Gasteiger partial charge is 0.364 e. The first kappa shape index (κ1) is 13.9. The molecule has 0 saturated carbocycles. The topological polar surface area (TPSA) is 81.8 Å². The first-order valence-electron chi connectivity index (χ1n) is 5.78. The van der Waals surface area contributed by atoms with E-state index in [1.807, 2.05) is 0 Å². The van der Waals surface area contributed by atoms with Gasteiger partial charge in [0.1, 0.15) is 11.6 Å². The third kappa shape index (κ3) is 2.42. The van der Waals surface area contributed by atoms with Gasteiger partial charge in [-0.1, -0.05) is 5.16 Å². The molecule has 0 aliphatic carbocycles. The van der Waals surface area contributed by atoms with Crippen LogP contribution in [0.1, 0.15) is 17.4 Å². The van der Waals surface area contributed by atoms with Crippen LogP contribution >= 0.6 is 0 Å². The van der Waals surface area contributed by atoms with E-state index < -0.39 is 23.2 Å². The summed E-state index contributed by atoms with van der Waals surface area (Å²) in [7, 11) is 1.42. The summed E-state index contributed by atoms with van der Waals surface area (Å²) in [5, 5.41) is 13.3. The normalized spacial score (nSPS) is 10.3. The number of aromatic hydroxyl groups is 1. The quantitative estimate of drug-likeness (QED) is 0.866. The molecule has 0 atom stereocenters. The van der Waals surface area contributed by atoms with Gasteiger partial charge >= 0.3 is 5.97 Å². The van der Waals surface area contributed by atoms with Crippen LogP contribution in [0.15, 0.2) is 22.7 Å². The predicted molar refractivity (Wildman–Crippen MR) is 66.1 cm³/mol. The van der Waals surface area contributed by atoms with Gasteiger partial charge in [0, 0.05) is 0 Å². The van der Waals surface area contributed by atoms with Crippen LogP contribution in [0.2, 0.25) is 0 Å². The molecular formula is C13H12FNO5. The van der Waals surface area contributed by atoms with Gasteiger partial charge in [0.15, 0.2) is 5.75 Å². The van der Waals surface area contributed by atoms with Gasteiger partial charge in [-0.3, -0.25) is 0 Å². The van der Waals surface area contributed by atoms with Crippen molar-refractivity contribution in [2.75, 3.05) is 13.7 Å². The van der Waals surface area contributed by atoms with Crippen molar-refractivity contribution >= 4 is 5.97 Å². The highest BCUT2D eigenvalue weighted by molar-refractivity contribution is 5.92. The molecule has 0 fully saturated rings. The predicted octanol–water partition coefficient (Wildman–Crippen LogP) is 2.37. The van der Waals surface area contributed by atoms with Crippen LogP contribution < -0.4 is 4.74 Å². The maximum absolute atomic E-state index is 13.8. The monoisotopic (exact) mass is 281 g/mol. The average Bonchev–Trinajstić information content (AvgIpc) is 2.81. The van der Waals surface area contributed by atoms with Crippen molar-refractivity contribution in [2.45, 2.75) is 6.92 Å². The lowest BCUT2D eigenvalue weighted by Gasteiger charge is -2.03. The number of methoxy groups -OCH3 is 1. The summed E-state index contributed by atoms with van der Waals surface area (Å²) in [6.07, 6.45) is 0. The number of ether oxygens (including phenoxy) is 2. The highest BCUT2D eigenvalue weighted by atomic mass is 19.1. The average molecular weight is 281 g/mol. The van der Waals surface area contributed by atoms with Gasteiger partial charge in [-0.15, -0.1) is 0 Å². The van der Waals surface area contributed by atoms with Gasteiger partial charge < -0.3 is 19.1 Å². The molecule has 0 radical (unpaired) electrons. The Kier molecular flexibility index (Phi) is 3.88. The van der Waals surface area contributed by atoms with Crippen molar-refractivity contribution in [2.24, 2.45) is 0 Å². The number of hydrogen-bond donors (Lipinski definition) is 1. The summed E-state index contributed by atoms with van der Waals surface area (Å²) >= 11 is 0. The number of esters is 1. The molecule has 1 N–H and O–H groups in total. The molecule has 2 rings (SSSR count). The summed E-state index contributed by atoms with van der Waals surface area (Å²) in [6.45, 7) is 1.73. The van der Waals surface area contributed by atoms with Crippen LogP contribution in [0.25, 0.3) is 11.3 Å². The van der Waals surface area contributed by atoms with Crippen LogP contribution in [-0.4, -0.2) is 29.9 Å². The molecule has 0 spiro atoms. The zero-order valence-corrected chi connectivity index (χ0v) is 10.8. The van der Waals surface area contributed by atoms with Gasteiger partial charge in [0.2, 0.25) is 11.5 Å². The number of carbonyl (C=O) groups excluding carboxylic acids is 1. The van der Waals surface area contributed by atoms with E-state index in [-0.39, 0.29) is 17.9 Å². The lowest BCUT2D eigenvalue weighted by molar-refractivity contribution is 0.0512. The van der Waals surface area contributed by atoms with Crippen molar-refractivity contribution in [1.82, 2.24) is 5.16 Å². The second-order valence-corrected chi connectivity index (χ2v) is 3.78. The molecule has 1 aromatic carbocycles. The molecule has 6 nitrogen and oxygen atoms in total. The number of rotatable bonds is 4. The highest BCUT2D eigenvalue weighted by Crippen LogP contribution is 2.35. The lowest BCUT2D eigenvalue weighted by atomic mass is 10.1. The fourth-order valence-electron chi connectivity index (χ4n) is 1.60. The number of hydrogen-bond acceptors (Lipinski definition) is 6. The molecule has 2 aromatic rings. The van der Waals surface area contributed by atoms with E-state index in [0.29, 0.717) is 5.75 Å². The molecule has 106 valence electrons. The van der Waals surface area contributed by atoms with Crippen LogP contribution in [0, 0.1) is 5.82 Å². The van der Waals surface area contributed by atoms with E-state index in [1.54, 1.807) is 6.92 Å². The number of benzene rings is 1. The van der Waals surface area contributed by atoms with Gasteiger partial charge in [-0.2, -0.15) is 0 Å². The minimum absolute atomic E-state index is 0.0649. The zero-order valence-electron chi connectivity index (χ0n) is 10.8. The van der Waals surface area contributed by atoms with Crippen LogP contribution in [0.3, 0.4) is 0 Å². The number of carbonyl (C=O) groups is 1. The van der Waals surface area contributed by atoms with Crippen LogP contribution in [0.4, 0.5) is 4.39 Å². The van der Waals surface area contributed by atoms with E-state index in [2.05, 4.69) is 5.16 Å². The maximum Gasteiger partial charge on any atom is 0.364 e. The van der Waals surface area contributed by atoms with Crippen molar-refractivity contribution < 1.29 is 28.3 Å². The van der Waals surface area contributed by atoms with Crippen molar-refractivity contribution in [3.8, 4) is 22.8 Å². The molecule has 0 aliphatic rings. The summed E-state index contributed by atoms with van der Waals surface area (Å²) < 4.78 is 28.2. The summed E-state index contributed by atoms with van der Waals surface area (Å²) in [4.78, 5) is 11.5. The Balaban J connectivity index is 2.46. The molecule has 0 aliphatic heterocycles. The second kappa shape index (κ2) is 5.60. The number of halogens is 1. The number of nitrogens with zero attached hydrogens (tertiary/aromatic N) is 1. The van der Waals surface area contributed by atoms with E-state index >= 15 is 0 Å². The van der Waals surface area contributed by atoms with Gasteiger partial charge in [0.25, 0.3) is 0 Å². The molecular weight excluding hydrogens is 269 g/mol. The Bertz CT molecular complexity index is 638. The standard InChI is InChI=1S/C13H12FNO5/c1-3-19-13(17)10-11(16)12(20-15-10)8-6-7(18-2)4-5-9(8)14/h4-6,16H,3H2,1-2H3. The molecule has 7 heteroatoms. The zero-order chi connectivity index (χ0) is 14.7. The van der Waals surface area contributed by atoms with Crippen molar-refractivity contribution in [3.63, 3.8) is 0 Å². The van der Waals surface area contributed by atoms with Crippen molar-refractivity contribution in [1.29, 1.82) is 0 Å². The minimum Gasteiger partial charge on any atom is -0.502 e. The number of aromatic nitrogens is 1. The first-order chi connectivity index (χ1) is 9.58. The summed E-state index contributed by atoms with van der Waals surface area (Å²) in [5.41, 5.74) is -0.464. The summed E-state index contributed by atoms with van der Waals surface area (Å²) in [6, 6.07) is 3.89. The molecule has 1 heterocycles. The first-order valence-corrected chi connectivity index (χ1v) is 5.78. The maximum atomic E-state index is 13.8. The third-order valence-corrected chi connectivity index (χ3v) is 2.55. The summed E-state index contributed by atoms with van der Waals surface area (Å²) in [5.74, 6) is -1.95. The molecule has 0 amide bonds. The van der Waals surface area contributed by atoms with E-state index in [4.69, 9.17) is 14.0 Å². The molecule has 1 aromatic heterocycles. The fourth-order valence-corrected chi connectivity index (χ4v) is 1.60. The molecule has 0 saturated heterocycles. The molecule has 0 bridgehead atoms. The third-order valence-electron chi connectivity index (χ3n) is 2.55. The van der Waals surface area contributed by atoms with Gasteiger partial charge in [-0.25, -0.2) is 9.18 Å². The SMILES string of the molecule is CCOC(=O)c1noc(-c2cc(OC)ccc2F)c1O. The van der Waals surface area contributed by atoms with E-state index in [0.717, 1.165) is 6.07 Å². The molecule has 0 unspecified atom stereocenters. The lowest BCUT2D eigenvalue weighted by Crippen LogP contribution is -2.04. The minimum atomic E-state index is -0.844. The van der Waals surface area contributed by atoms with Crippen molar-refractivity contribution in [3.05, 3.63) is 29.7 Å².